The van der Waals surface area contributed by atoms with E-state index in [1.165, 1.54) is 16.7 Å². The maximum atomic E-state index is 10.2. The molecule has 28 heavy (non-hydrogen) atoms. The summed E-state index contributed by atoms with van der Waals surface area (Å²) in [6.45, 7) is 0.886. The molecular formula is C22H32O5Si. The van der Waals surface area contributed by atoms with Crippen molar-refractivity contribution >= 4 is 8.80 Å². The van der Waals surface area contributed by atoms with Crippen molar-refractivity contribution in [2.45, 2.75) is 31.4 Å². The van der Waals surface area contributed by atoms with Gasteiger partial charge in [0.1, 0.15) is 0 Å². The fourth-order valence-electron chi connectivity index (χ4n) is 3.08. The lowest BCUT2D eigenvalue weighted by Gasteiger charge is -2.24. The van der Waals surface area contributed by atoms with Crippen LogP contribution in [-0.2, 0) is 24.4 Å². The second kappa shape index (κ2) is 12.1. The normalized spacial score (nSPS) is 12.9. The molecule has 0 amide bonds. The Bertz CT molecular complexity index is 650. The van der Waals surface area contributed by atoms with E-state index in [1.807, 2.05) is 18.2 Å². The zero-order valence-electron chi connectivity index (χ0n) is 17.1. The van der Waals surface area contributed by atoms with Crippen LogP contribution >= 0.6 is 0 Å². The van der Waals surface area contributed by atoms with Gasteiger partial charge in [-0.05, 0) is 36.0 Å². The Morgan fingerprint density at radius 3 is 2.07 bits per heavy atom. The Morgan fingerprint density at radius 1 is 0.857 bits per heavy atom. The van der Waals surface area contributed by atoms with E-state index in [-0.39, 0.29) is 0 Å². The minimum absolute atomic E-state index is 0.337. The number of aliphatic hydroxyl groups is 1. The minimum atomic E-state index is -2.53. The van der Waals surface area contributed by atoms with Gasteiger partial charge in [0.15, 0.2) is 0 Å². The highest BCUT2D eigenvalue weighted by molar-refractivity contribution is 6.60. The highest BCUT2D eigenvalue weighted by Gasteiger charge is 2.36. The molecule has 0 aliphatic carbocycles. The molecule has 0 heterocycles. The molecule has 0 spiro atoms. The van der Waals surface area contributed by atoms with Gasteiger partial charge in [0.25, 0.3) is 0 Å². The number of hydrogen-bond donors (Lipinski definition) is 1. The second-order valence-electron chi connectivity index (χ2n) is 6.73. The third-order valence-electron chi connectivity index (χ3n) is 4.84. The van der Waals surface area contributed by atoms with E-state index in [1.54, 1.807) is 21.3 Å². The maximum absolute atomic E-state index is 10.2. The van der Waals surface area contributed by atoms with Crippen molar-refractivity contribution in [2.24, 2.45) is 0 Å². The Hall–Kier alpha value is -1.54. The molecule has 0 radical (unpaired) electrons. The van der Waals surface area contributed by atoms with Crippen molar-refractivity contribution < 1.29 is 23.1 Å². The topological polar surface area (TPSA) is 57.2 Å². The van der Waals surface area contributed by atoms with Gasteiger partial charge < -0.3 is 23.1 Å². The van der Waals surface area contributed by atoms with Gasteiger partial charge in [-0.25, -0.2) is 0 Å². The zero-order chi connectivity index (χ0) is 20.2. The van der Waals surface area contributed by atoms with E-state index in [9.17, 15) is 5.11 Å². The van der Waals surface area contributed by atoms with Crippen LogP contribution in [0.5, 0.6) is 0 Å². The number of hydrogen-bond acceptors (Lipinski definition) is 5. The molecule has 2 aromatic carbocycles. The maximum Gasteiger partial charge on any atom is 0.500 e. The largest absolute Gasteiger partial charge is 0.500 e. The molecule has 0 aromatic heterocycles. The molecule has 2 rings (SSSR count). The molecule has 0 fully saturated rings. The van der Waals surface area contributed by atoms with E-state index in [0.29, 0.717) is 25.7 Å². The first kappa shape index (κ1) is 22.7. The molecule has 0 bridgehead atoms. The summed E-state index contributed by atoms with van der Waals surface area (Å²) in [4.78, 5) is 0. The van der Waals surface area contributed by atoms with Gasteiger partial charge in [-0.1, -0.05) is 54.6 Å². The predicted octanol–water partition coefficient (Wildman–Crippen LogP) is 3.93. The van der Waals surface area contributed by atoms with E-state index in [2.05, 4.69) is 36.4 Å². The van der Waals surface area contributed by atoms with E-state index in [0.717, 1.165) is 12.8 Å². The van der Waals surface area contributed by atoms with Crippen LogP contribution in [-0.4, -0.2) is 54.6 Å². The SMILES string of the molecule is CO[Si](CCCOCC(O)CCc1ccc(-c2ccccc2)cc1)(OC)OC. The summed E-state index contributed by atoms with van der Waals surface area (Å²) in [5.41, 5.74) is 3.64. The van der Waals surface area contributed by atoms with Crippen molar-refractivity contribution in [3.05, 3.63) is 60.2 Å². The summed E-state index contributed by atoms with van der Waals surface area (Å²) in [5, 5.41) is 10.2. The standard InChI is InChI=1S/C22H32O5Si/c1-24-28(25-2,26-3)17-7-16-27-18-22(23)15-12-19-10-13-21(14-11-19)20-8-5-4-6-9-20/h4-6,8-11,13-14,22-23H,7,12,15-18H2,1-3H3. The molecule has 5 nitrogen and oxygen atoms in total. The predicted molar refractivity (Wildman–Crippen MR) is 113 cm³/mol. The molecule has 2 aromatic rings. The molecule has 1 N–H and O–H groups in total. The van der Waals surface area contributed by atoms with Crippen molar-refractivity contribution in [3.63, 3.8) is 0 Å². The molecule has 1 unspecified atom stereocenters. The number of aryl methyl sites for hydroxylation is 1. The average Bonchev–Trinajstić information content (AvgIpc) is 2.76. The lowest BCUT2D eigenvalue weighted by molar-refractivity contribution is 0.0311. The van der Waals surface area contributed by atoms with Gasteiger partial charge in [0.2, 0.25) is 0 Å². The van der Waals surface area contributed by atoms with E-state index in [4.69, 9.17) is 18.0 Å². The fourth-order valence-corrected chi connectivity index (χ4v) is 4.77. The Balaban J connectivity index is 1.65. The van der Waals surface area contributed by atoms with Crippen LogP contribution in [0.3, 0.4) is 0 Å². The van der Waals surface area contributed by atoms with Crippen LogP contribution in [0.1, 0.15) is 18.4 Å². The Kier molecular flexibility index (Phi) is 9.84. The second-order valence-corrected chi connectivity index (χ2v) is 9.82. The molecular weight excluding hydrogens is 372 g/mol. The highest BCUT2D eigenvalue weighted by Crippen LogP contribution is 2.20. The molecule has 0 saturated carbocycles. The average molecular weight is 405 g/mol. The summed E-state index contributed by atoms with van der Waals surface area (Å²) in [7, 11) is 2.30. The quantitative estimate of drug-likeness (QED) is 0.405. The van der Waals surface area contributed by atoms with Gasteiger partial charge in [-0.2, -0.15) is 0 Å². The van der Waals surface area contributed by atoms with Crippen LogP contribution in [0.25, 0.3) is 11.1 Å². The van der Waals surface area contributed by atoms with Crippen LogP contribution in [0.15, 0.2) is 54.6 Å². The third-order valence-corrected chi connectivity index (χ3v) is 7.67. The van der Waals surface area contributed by atoms with Crippen LogP contribution in [0.2, 0.25) is 6.04 Å². The molecule has 0 saturated heterocycles. The van der Waals surface area contributed by atoms with Crippen molar-refractivity contribution in [2.75, 3.05) is 34.5 Å². The van der Waals surface area contributed by atoms with Crippen molar-refractivity contribution in [1.29, 1.82) is 0 Å². The van der Waals surface area contributed by atoms with Crippen LogP contribution < -0.4 is 0 Å². The zero-order valence-corrected chi connectivity index (χ0v) is 18.1. The fraction of sp³-hybridized carbons (Fsp3) is 0.455. The molecule has 6 heteroatoms. The summed E-state index contributed by atoms with van der Waals surface area (Å²) >= 11 is 0. The summed E-state index contributed by atoms with van der Waals surface area (Å²) in [6.07, 6.45) is 1.81. The van der Waals surface area contributed by atoms with Crippen molar-refractivity contribution in [3.8, 4) is 11.1 Å². The van der Waals surface area contributed by atoms with E-state index >= 15 is 0 Å². The lowest BCUT2D eigenvalue weighted by Crippen LogP contribution is -2.42. The summed E-state index contributed by atoms with van der Waals surface area (Å²) in [6, 6.07) is 19.5. The molecule has 0 aliphatic heterocycles. The first-order valence-corrected chi connectivity index (χ1v) is 11.6. The lowest BCUT2D eigenvalue weighted by atomic mass is 10.0. The summed E-state index contributed by atoms with van der Waals surface area (Å²) in [5.74, 6) is 0. The van der Waals surface area contributed by atoms with Gasteiger partial charge in [-0.3, -0.25) is 0 Å². The van der Waals surface area contributed by atoms with Gasteiger partial charge in [-0.15, -0.1) is 0 Å². The monoisotopic (exact) mass is 404 g/mol. The Labute approximate surface area is 169 Å². The number of benzene rings is 2. The first-order valence-electron chi connectivity index (χ1n) is 9.68. The first-order chi connectivity index (χ1) is 13.6. The smallest absolute Gasteiger partial charge is 0.391 e. The molecule has 0 aliphatic rings. The van der Waals surface area contributed by atoms with Gasteiger partial charge >= 0.3 is 8.80 Å². The van der Waals surface area contributed by atoms with Crippen LogP contribution in [0.4, 0.5) is 0 Å². The van der Waals surface area contributed by atoms with Crippen LogP contribution in [0, 0.1) is 0 Å². The number of rotatable bonds is 13. The van der Waals surface area contributed by atoms with E-state index < -0.39 is 14.9 Å². The highest BCUT2D eigenvalue weighted by atomic mass is 28.4. The number of ether oxygens (including phenoxy) is 1. The summed E-state index contributed by atoms with van der Waals surface area (Å²) < 4.78 is 21.7. The third kappa shape index (κ3) is 7.13. The number of aliphatic hydroxyl groups excluding tert-OH is 1. The molecule has 154 valence electrons. The van der Waals surface area contributed by atoms with Gasteiger partial charge in [0.05, 0.1) is 12.7 Å². The van der Waals surface area contributed by atoms with Crippen molar-refractivity contribution in [1.82, 2.24) is 0 Å². The minimum Gasteiger partial charge on any atom is -0.391 e. The van der Waals surface area contributed by atoms with Gasteiger partial charge in [0, 0.05) is 34.0 Å². The molecule has 1 atom stereocenters. The Morgan fingerprint density at radius 2 is 1.46 bits per heavy atom.